The number of rotatable bonds is 2. The van der Waals surface area contributed by atoms with Gasteiger partial charge < -0.3 is 0 Å². The summed E-state index contributed by atoms with van der Waals surface area (Å²) in [5.41, 5.74) is 0. The van der Waals surface area contributed by atoms with E-state index in [2.05, 4.69) is 6.92 Å². The van der Waals surface area contributed by atoms with Gasteiger partial charge in [-0.05, 0) is 12.3 Å². The zero-order chi connectivity index (χ0) is 9.19. The molecule has 2 heteroatoms. The average Bonchev–Trinajstić information content (AvgIpc) is 2.03. The predicted molar refractivity (Wildman–Crippen MR) is 55.6 cm³/mol. The second kappa shape index (κ2) is 3.89. The molecule has 1 aliphatic carbocycles. The average molecular weight is 160 g/mol. The van der Waals surface area contributed by atoms with Crippen LogP contribution < -0.4 is 0 Å². The molecular weight excluding hydrogens is 142 g/mol. The maximum Gasteiger partial charge on any atom is 0.0620 e. The Hall–Kier alpha value is 0.130. The standard InChI is InChI=1S/C10H18B2/c1-3-8-5-4-6-9(7-8)10(2,11)12/h8-9H,3-7H2,1-2H3. The minimum absolute atomic E-state index is 0.451. The lowest BCUT2D eigenvalue weighted by atomic mass is 9.46. The fourth-order valence-corrected chi connectivity index (χ4v) is 2.23. The predicted octanol–water partition coefficient (Wildman–Crippen LogP) is 2.68. The number of hydrogen-bond acceptors (Lipinski definition) is 0. The summed E-state index contributed by atoms with van der Waals surface area (Å²) in [5.74, 6) is 1.41. The van der Waals surface area contributed by atoms with Crippen molar-refractivity contribution in [1.29, 1.82) is 0 Å². The van der Waals surface area contributed by atoms with E-state index in [0.717, 1.165) is 5.92 Å². The van der Waals surface area contributed by atoms with Crippen LogP contribution in [0.5, 0.6) is 0 Å². The molecule has 12 heavy (non-hydrogen) atoms. The third-order valence-electron chi connectivity index (χ3n) is 3.24. The van der Waals surface area contributed by atoms with Crippen molar-refractivity contribution in [3.8, 4) is 0 Å². The molecule has 0 saturated heterocycles. The Bertz CT molecular complexity index is 137. The van der Waals surface area contributed by atoms with Crippen molar-refractivity contribution in [2.75, 3.05) is 0 Å². The van der Waals surface area contributed by atoms with Gasteiger partial charge in [0, 0.05) is 0 Å². The quantitative estimate of drug-likeness (QED) is 0.544. The molecule has 4 radical (unpaired) electrons. The lowest BCUT2D eigenvalue weighted by Crippen LogP contribution is -2.26. The van der Waals surface area contributed by atoms with Crippen LogP contribution in [0.25, 0.3) is 0 Å². The summed E-state index contributed by atoms with van der Waals surface area (Å²) in [4.78, 5) is 0. The molecule has 0 nitrogen and oxygen atoms in total. The lowest BCUT2D eigenvalue weighted by Gasteiger charge is -2.38. The Labute approximate surface area is 79.3 Å². The van der Waals surface area contributed by atoms with Gasteiger partial charge >= 0.3 is 0 Å². The lowest BCUT2D eigenvalue weighted by molar-refractivity contribution is 0.243. The van der Waals surface area contributed by atoms with Crippen LogP contribution in [0, 0.1) is 11.8 Å². The van der Waals surface area contributed by atoms with E-state index >= 15 is 0 Å². The van der Waals surface area contributed by atoms with Crippen LogP contribution in [0.15, 0.2) is 0 Å². The van der Waals surface area contributed by atoms with E-state index in [4.69, 9.17) is 15.7 Å². The summed E-state index contributed by atoms with van der Waals surface area (Å²) in [7, 11) is 11.8. The topological polar surface area (TPSA) is 0 Å². The highest BCUT2D eigenvalue weighted by atomic mass is 14.3. The van der Waals surface area contributed by atoms with Gasteiger partial charge in [0.2, 0.25) is 0 Å². The van der Waals surface area contributed by atoms with E-state index in [1.165, 1.54) is 32.1 Å². The van der Waals surface area contributed by atoms with Gasteiger partial charge in [-0.3, -0.25) is 0 Å². The first-order chi connectivity index (χ1) is 5.54. The molecule has 0 aromatic carbocycles. The Morgan fingerprint density at radius 1 is 1.33 bits per heavy atom. The molecule has 0 bridgehead atoms. The first kappa shape index (κ1) is 10.2. The first-order valence-electron chi connectivity index (χ1n) is 5.11. The zero-order valence-electron chi connectivity index (χ0n) is 8.34. The fourth-order valence-electron chi connectivity index (χ4n) is 2.23. The highest BCUT2D eigenvalue weighted by Gasteiger charge is 2.28. The van der Waals surface area contributed by atoms with Crippen molar-refractivity contribution < 1.29 is 0 Å². The van der Waals surface area contributed by atoms with E-state index in [1.54, 1.807) is 0 Å². The summed E-state index contributed by atoms with van der Waals surface area (Å²) >= 11 is 0. The molecule has 0 amide bonds. The highest BCUT2D eigenvalue weighted by molar-refractivity contribution is 6.39. The fraction of sp³-hybridized carbons (Fsp3) is 1.00. The molecule has 2 unspecified atom stereocenters. The Kier molecular flexibility index (Phi) is 3.31. The monoisotopic (exact) mass is 160 g/mol. The summed E-state index contributed by atoms with van der Waals surface area (Å²) in [5, 5.41) is -0.451. The first-order valence-corrected chi connectivity index (χ1v) is 5.11. The maximum absolute atomic E-state index is 5.90. The van der Waals surface area contributed by atoms with E-state index in [0.29, 0.717) is 5.92 Å². The smallest absolute Gasteiger partial charge is 0.0620 e. The van der Waals surface area contributed by atoms with Crippen LogP contribution in [-0.4, -0.2) is 15.7 Å². The molecular formula is C10H18B2. The maximum atomic E-state index is 5.90. The van der Waals surface area contributed by atoms with Crippen molar-refractivity contribution in [2.45, 2.75) is 51.2 Å². The molecule has 2 atom stereocenters. The Morgan fingerprint density at radius 3 is 2.50 bits per heavy atom. The van der Waals surface area contributed by atoms with Crippen LogP contribution in [0.2, 0.25) is 5.21 Å². The molecule has 0 aromatic rings. The molecule has 0 aliphatic heterocycles. The van der Waals surface area contributed by atoms with Gasteiger partial charge in [0.05, 0.1) is 15.7 Å². The molecule has 1 saturated carbocycles. The van der Waals surface area contributed by atoms with Crippen molar-refractivity contribution >= 4 is 15.7 Å². The van der Waals surface area contributed by atoms with Crippen molar-refractivity contribution in [1.82, 2.24) is 0 Å². The van der Waals surface area contributed by atoms with Crippen LogP contribution in [0.4, 0.5) is 0 Å². The van der Waals surface area contributed by atoms with Crippen LogP contribution in [0.1, 0.15) is 46.0 Å². The van der Waals surface area contributed by atoms with Crippen LogP contribution in [0.3, 0.4) is 0 Å². The highest BCUT2D eigenvalue weighted by Crippen LogP contribution is 2.41. The van der Waals surface area contributed by atoms with Crippen molar-refractivity contribution in [2.24, 2.45) is 11.8 Å². The Morgan fingerprint density at radius 2 is 2.00 bits per heavy atom. The summed E-state index contributed by atoms with van der Waals surface area (Å²) < 4.78 is 0. The molecule has 0 N–H and O–H groups in total. The third-order valence-corrected chi connectivity index (χ3v) is 3.24. The van der Waals surface area contributed by atoms with E-state index < -0.39 is 5.21 Å². The second-order valence-electron chi connectivity index (χ2n) is 4.50. The summed E-state index contributed by atoms with van der Waals surface area (Å²) in [6.45, 7) is 4.22. The van der Waals surface area contributed by atoms with E-state index in [9.17, 15) is 0 Å². The number of hydrogen-bond donors (Lipinski definition) is 0. The van der Waals surface area contributed by atoms with Gasteiger partial charge in [0.25, 0.3) is 0 Å². The SMILES string of the molecule is [B]C([B])(C)C1CCCC(CC)C1. The molecule has 0 heterocycles. The van der Waals surface area contributed by atoms with Crippen molar-refractivity contribution in [3.63, 3.8) is 0 Å². The molecule has 1 rings (SSSR count). The minimum atomic E-state index is -0.451. The van der Waals surface area contributed by atoms with Gasteiger partial charge in [0.15, 0.2) is 0 Å². The molecule has 0 spiro atoms. The molecule has 1 fully saturated rings. The van der Waals surface area contributed by atoms with Crippen LogP contribution >= 0.6 is 0 Å². The molecule has 0 aromatic heterocycles. The normalized spacial score (nSPS) is 31.8. The van der Waals surface area contributed by atoms with E-state index in [1.807, 2.05) is 6.92 Å². The van der Waals surface area contributed by atoms with Gasteiger partial charge in [-0.2, -0.15) is 0 Å². The second-order valence-corrected chi connectivity index (χ2v) is 4.50. The zero-order valence-corrected chi connectivity index (χ0v) is 8.34. The van der Waals surface area contributed by atoms with Gasteiger partial charge in [0.1, 0.15) is 0 Å². The van der Waals surface area contributed by atoms with Crippen molar-refractivity contribution in [3.05, 3.63) is 0 Å². The summed E-state index contributed by atoms with van der Waals surface area (Å²) in [6, 6.07) is 0. The largest absolute Gasteiger partial charge is 0.0990 e. The summed E-state index contributed by atoms with van der Waals surface area (Å²) in [6.07, 6.45) is 6.43. The van der Waals surface area contributed by atoms with Gasteiger partial charge in [-0.1, -0.05) is 50.7 Å². The minimum Gasteiger partial charge on any atom is -0.0990 e. The van der Waals surface area contributed by atoms with Crippen LogP contribution in [-0.2, 0) is 0 Å². The Balaban J connectivity index is 2.46. The van der Waals surface area contributed by atoms with E-state index in [-0.39, 0.29) is 0 Å². The van der Waals surface area contributed by atoms with Gasteiger partial charge in [-0.15, -0.1) is 0 Å². The van der Waals surface area contributed by atoms with Gasteiger partial charge in [-0.25, -0.2) is 0 Å². The molecule has 1 aliphatic rings. The molecule has 64 valence electrons. The third kappa shape index (κ3) is 2.57.